The lowest BCUT2D eigenvalue weighted by atomic mass is 9.92. The first kappa shape index (κ1) is 15.7. The SMILES string of the molecule is Cc1cc(F)cc(NC(C)(CO)c2ccc(F)cc2Cl)c1. The van der Waals surface area contributed by atoms with E-state index in [0.717, 1.165) is 5.56 Å². The normalized spacial score (nSPS) is 13.8. The van der Waals surface area contributed by atoms with Crippen molar-refractivity contribution >= 4 is 17.3 Å². The van der Waals surface area contributed by atoms with Crippen LogP contribution in [0.3, 0.4) is 0 Å². The highest BCUT2D eigenvalue weighted by atomic mass is 35.5. The van der Waals surface area contributed by atoms with Crippen LogP contribution < -0.4 is 5.32 Å². The van der Waals surface area contributed by atoms with Gasteiger partial charge < -0.3 is 10.4 Å². The molecule has 0 bridgehead atoms. The van der Waals surface area contributed by atoms with Gasteiger partial charge in [-0.1, -0.05) is 17.7 Å². The predicted octanol–water partition coefficient (Wildman–Crippen LogP) is 4.25. The van der Waals surface area contributed by atoms with Gasteiger partial charge in [-0.15, -0.1) is 0 Å². The standard InChI is InChI=1S/C16H16ClF2NO/c1-10-5-12(19)7-13(6-10)20-16(2,9-21)14-4-3-11(18)8-15(14)17/h3-8,20-21H,9H2,1-2H3. The van der Waals surface area contributed by atoms with Crippen molar-refractivity contribution in [2.24, 2.45) is 0 Å². The molecule has 2 aromatic rings. The molecular formula is C16H16ClF2NO. The Hall–Kier alpha value is -1.65. The third-order valence-electron chi connectivity index (χ3n) is 3.30. The molecular weight excluding hydrogens is 296 g/mol. The zero-order chi connectivity index (χ0) is 15.6. The Kier molecular flexibility index (Phi) is 4.49. The molecule has 2 rings (SSSR count). The van der Waals surface area contributed by atoms with Crippen molar-refractivity contribution < 1.29 is 13.9 Å². The average molecular weight is 312 g/mol. The van der Waals surface area contributed by atoms with Crippen molar-refractivity contribution in [3.05, 3.63) is 64.2 Å². The molecule has 0 aromatic heterocycles. The van der Waals surface area contributed by atoms with Crippen LogP contribution in [-0.2, 0) is 5.54 Å². The summed E-state index contributed by atoms with van der Waals surface area (Å²) in [5.41, 5.74) is 0.854. The molecule has 1 unspecified atom stereocenters. The first-order valence-electron chi connectivity index (χ1n) is 6.46. The minimum Gasteiger partial charge on any atom is -0.394 e. The molecule has 0 spiro atoms. The summed E-state index contributed by atoms with van der Waals surface area (Å²) in [6, 6.07) is 8.46. The third kappa shape index (κ3) is 3.52. The van der Waals surface area contributed by atoms with Crippen molar-refractivity contribution in [2.75, 3.05) is 11.9 Å². The maximum Gasteiger partial charge on any atom is 0.125 e. The number of aliphatic hydroxyl groups excluding tert-OH is 1. The second-order valence-electron chi connectivity index (χ2n) is 5.26. The molecule has 0 saturated carbocycles. The number of halogens is 3. The maximum absolute atomic E-state index is 13.5. The third-order valence-corrected chi connectivity index (χ3v) is 3.62. The summed E-state index contributed by atoms with van der Waals surface area (Å²) in [7, 11) is 0. The molecule has 2 aromatic carbocycles. The summed E-state index contributed by atoms with van der Waals surface area (Å²) >= 11 is 6.06. The van der Waals surface area contributed by atoms with Gasteiger partial charge in [-0.25, -0.2) is 8.78 Å². The van der Waals surface area contributed by atoms with E-state index in [1.165, 1.54) is 30.3 Å². The van der Waals surface area contributed by atoms with Gasteiger partial charge in [0.25, 0.3) is 0 Å². The zero-order valence-corrected chi connectivity index (χ0v) is 12.5. The lowest BCUT2D eigenvalue weighted by Crippen LogP contribution is -2.36. The molecule has 21 heavy (non-hydrogen) atoms. The van der Waals surface area contributed by atoms with Crippen LogP contribution in [0.1, 0.15) is 18.1 Å². The second kappa shape index (κ2) is 6.00. The smallest absolute Gasteiger partial charge is 0.125 e. The van der Waals surface area contributed by atoms with Gasteiger partial charge in [0.05, 0.1) is 12.1 Å². The molecule has 0 aliphatic carbocycles. The number of hydrogen-bond donors (Lipinski definition) is 2. The fourth-order valence-electron chi connectivity index (χ4n) is 2.26. The predicted molar refractivity (Wildman–Crippen MR) is 80.6 cm³/mol. The van der Waals surface area contributed by atoms with Crippen molar-refractivity contribution in [1.29, 1.82) is 0 Å². The Morgan fingerprint density at radius 2 is 1.86 bits per heavy atom. The van der Waals surface area contributed by atoms with Crippen molar-refractivity contribution in [1.82, 2.24) is 0 Å². The van der Waals surface area contributed by atoms with Crippen molar-refractivity contribution in [2.45, 2.75) is 19.4 Å². The van der Waals surface area contributed by atoms with Crippen LogP contribution in [0.2, 0.25) is 5.02 Å². The van der Waals surface area contributed by atoms with E-state index in [0.29, 0.717) is 11.3 Å². The summed E-state index contributed by atoms with van der Waals surface area (Å²) in [4.78, 5) is 0. The van der Waals surface area contributed by atoms with Crippen LogP contribution in [0.4, 0.5) is 14.5 Å². The van der Waals surface area contributed by atoms with Crippen molar-refractivity contribution in [3.8, 4) is 0 Å². The molecule has 5 heteroatoms. The maximum atomic E-state index is 13.5. The Balaban J connectivity index is 2.41. The van der Waals surface area contributed by atoms with E-state index in [9.17, 15) is 13.9 Å². The van der Waals surface area contributed by atoms with E-state index in [2.05, 4.69) is 5.32 Å². The highest BCUT2D eigenvalue weighted by Crippen LogP contribution is 2.32. The Labute approximate surface area is 127 Å². The number of hydrogen-bond acceptors (Lipinski definition) is 2. The number of benzene rings is 2. The number of aliphatic hydroxyl groups is 1. The zero-order valence-electron chi connectivity index (χ0n) is 11.8. The average Bonchev–Trinajstić information content (AvgIpc) is 2.37. The quantitative estimate of drug-likeness (QED) is 0.885. The van der Waals surface area contributed by atoms with Crippen LogP contribution in [0, 0.1) is 18.6 Å². The molecule has 1 atom stereocenters. The Morgan fingerprint density at radius 3 is 2.43 bits per heavy atom. The van der Waals surface area contributed by atoms with Gasteiger partial charge in [0.15, 0.2) is 0 Å². The largest absolute Gasteiger partial charge is 0.394 e. The molecule has 0 radical (unpaired) electrons. The van der Waals surface area contributed by atoms with Crippen LogP contribution >= 0.6 is 11.6 Å². The summed E-state index contributed by atoms with van der Waals surface area (Å²) in [5, 5.41) is 13.0. The molecule has 0 heterocycles. The number of aryl methyl sites for hydroxylation is 1. The molecule has 0 fully saturated rings. The lowest BCUT2D eigenvalue weighted by Gasteiger charge is -2.31. The number of rotatable bonds is 4. The van der Waals surface area contributed by atoms with E-state index in [1.54, 1.807) is 19.9 Å². The highest BCUT2D eigenvalue weighted by Gasteiger charge is 2.28. The van der Waals surface area contributed by atoms with E-state index in [1.807, 2.05) is 0 Å². The van der Waals surface area contributed by atoms with Crippen LogP contribution in [0.5, 0.6) is 0 Å². The van der Waals surface area contributed by atoms with E-state index in [-0.39, 0.29) is 17.4 Å². The van der Waals surface area contributed by atoms with Crippen LogP contribution in [0.25, 0.3) is 0 Å². The fourth-order valence-corrected chi connectivity index (χ4v) is 2.63. The lowest BCUT2D eigenvalue weighted by molar-refractivity contribution is 0.224. The molecule has 0 aliphatic rings. The monoisotopic (exact) mass is 311 g/mol. The van der Waals surface area contributed by atoms with Crippen molar-refractivity contribution in [3.63, 3.8) is 0 Å². The molecule has 0 aliphatic heterocycles. The minimum absolute atomic E-state index is 0.201. The van der Waals surface area contributed by atoms with Crippen LogP contribution in [0.15, 0.2) is 36.4 Å². The van der Waals surface area contributed by atoms with Gasteiger partial charge in [-0.05, 0) is 55.3 Å². The van der Waals surface area contributed by atoms with E-state index >= 15 is 0 Å². The van der Waals surface area contributed by atoms with Gasteiger partial charge in [-0.2, -0.15) is 0 Å². The molecule has 0 saturated heterocycles. The van der Waals surface area contributed by atoms with Gasteiger partial charge in [-0.3, -0.25) is 0 Å². The first-order chi connectivity index (χ1) is 9.84. The Morgan fingerprint density at radius 1 is 1.14 bits per heavy atom. The molecule has 0 amide bonds. The van der Waals surface area contributed by atoms with Crippen LogP contribution in [-0.4, -0.2) is 11.7 Å². The van der Waals surface area contributed by atoms with E-state index < -0.39 is 11.4 Å². The number of anilines is 1. The van der Waals surface area contributed by atoms with E-state index in [4.69, 9.17) is 11.6 Å². The first-order valence-corrected chi connectivity index (χ1v) is 6.83. The summed E-state index contributed by atoms with van der Waals surface area (Å²) in [6.45, 7) is 3.20. The summed E-state index contributed by atoms with van der Waals surface area (Å²) < 4.78 is 26.6. The number of nitrogens with one attached hydrogen (secondary N) is 1. The molecule has 112 valence electrons. The van der Waals surface area contributed by atoms with Gasteiger partial charge in [0.2, 0.25) is 0 Å². The van der Waals surface area contributed by atoms with Gasteiger partial charge >= 0.3 is 0 Å². The van der Waals surface area contributed by atoms with Gasteiger partial charge in [0.1, 0.15) is 11.6 Å². The highest BCUT2D eigenvalue weighted by molar-refractivity contribution is 6.31. The second-order valence-corrected chi connectivity index (χ2v) is 5.66. The molecule has 2 nitrogen and oxygen atoms in total. The molecule has 2 N–H and O–H groups in total. The fraction of sp³-hybridized carbons (Fsp3) is 0.250. The summed E-state index contributed by atoms with van der Waals surface area (Å²) in [5.74, 6) is -0.825. The van der Waals surface area contributed by atoms with Gasteiger partial charge in [0, 0.05) is 10.7 Å². The topological polar surface area (TPSA) is 32.3 Å². The summed E-state index contributed by atoms with van der Waals surface area (Å²) in [6.07, 6.45) is 0. The Bertz CT molecular complexity index is 642. The minimum atomic E-state index is -0.953.